The molecule has 4 rings (SSSR count). The lowest BCUT2D eigenvalue weighted by Crippen LogP contribution is -2.27. The van der Waals surface area contributed by atoms with Gasteiger partial charge in [-0.05, 0) is 29.8 Å². The van der Waals surface area contributed by atoms with E-state index in [1.807, 2.05) is 30.3 Å². The summed E-state index contributed by atoms with van der Waals surface area (Å²) in [4.78, 5) is 28.9. The highest BCUT2D eigenvalue weighted by molar-refractivity contribution is 5.90. The Morgan fingerprint density at radius 3 is 2.62 bits per heavy atom. The van der Waals surface area contributed by atoms with Gasteiger partial charge < -0.3 is 10.1 Å². The largest absolute Gasteiger partial charge is 0.489 e. The minimum atomic E-state index is -0.324. The van der Waals surface area contributed by atoms with Crippen LogP contribution in [0.2, 0.25) is 0 Å². The number of aromatic nitrogens is 4. The molecule has 0 saturated carbocycles. The van der Waals surface area contributed by atoms with E-state index in [1.54, 1.807) is 31.3 Å². The van der Waals surface area contributed by atoms with Gasteiger partial charge in [-0.25, -0.2) is 4.98 Å². The number of carbonyl (C=O) groups excluding carboxylic acids is 1. The second-order valence-electron chi connectivity index (χ2n) is 6.53. The molecule has 0 spiro atoms. The van der Waals surface area contributed by atoms with Crippen LogP contribution in [0, 0.1) is 0 Å². The van der Waals surface area contributed by atoms with Crippen LogP contribution in [-0.2, 0) is 25.0 Å². The van der Waals surface area contributed by atoms with Crippen molar-refractivity contribution in [1.29, 1.82) is 0 Å². The second kappa shape index (κ2) is 7.97. The molecule has 146 valence electrons. The van der Waals surface area contributed by atoms with Crippen molar-refractivity contribution in [3.63, 3.8) is 0 Å². The molecule has 8 nitrogen and oxygen atoms in total. The SMILES string of the molecule is Cn1ncc2c(=O)n(CC(=O)Nc3ccc(OCc4ccccc4)cc3)cnc21. The summed E-state index contributed by atoms with van der Waals surface area (Å²) >= 11 is 0. The topological polar surface area (TPSA) is 91.0 Å². The normalized spacial score (nSPS) is 10.8. The van der Waals surface area contributed by atoms with Crippen LogP contribution in [0.5, 0.6) is 5.75 Å². The number of aryl methyl sites for hydroxylation is 1. The molecule has 4 aromatic rings. The van der Waals surface area contributed by atoms with Gasteiger partial charge in [-0.2, -0.15) is 5.10 Å². The van der Waals surface area contributed by atoms with Crippen LogP contribution in [0.1, 0.15) is 5.56 Å². The molecule has 8 heteroatoms. The van der Waals surface area contributed by atoms with Crippen molar-refractivity contribution in [2.45, 2.75) is 13.2 Å². The summed E-state index contributed by atoms with van der Waals surface area (Å²) in [7, 11) is 1.71. The highest BCUT2D eigenvalue weighted by atomic mass is 16.5. The first-order chi connectivity index (χ1) is 14.1. The van der Waals surface area contributed by atoms with Gasteiger partial charge in [0.1, 0.15) is 30.6 Å². The van der Waals surface area contributed by atoms with Crippen molar-refractivity contribution in [3.8, 4) is 5.75 Å². The van der Waals surface area contributed by atoms with E-state index >= 15 is 0 Å². The van der Waals surface area contributed by atoms with Gasteiger partial charge >= 0.3 is 0 Å². The van der Waals surface area contributed by atoms with Crippen molar-refractivity contribution < 1.29 is 9.53 Å². The first kappa shape index (κ1) is 18.4. The summed E-state index contributed by atoms with van der Waals surface area (Å²) in [6.45, 7) is 0.336. The molecule has 0 aliphatic rings. The Kier molecular flexibility index (Phi) is 5.07. The average molecular weight is 389 g/mol. The van der Waals surface area contributed by atoms with Gasteiger partial charge in [-0.3, -0.25) is 18.8 Å². The Labute approximate surface area is 166 Å². The number of anilines is 1. The quantitative estimate of drug-likeness (QED) is 0.547. The van der Waals surface area contributed by atoms with E-state index in [-0.39, 0.29) is 18.0 Å². The molecule has 2 heterocycles. The number of amides is 1. The van der Waals surface area contributed by atoms with Gasteiger partial charge in [0.15, 0.2) is 5.65 Å². The van der Waals surface area contributed by atoms with Gasteiger partial charge in [-0.15, -0.1) is 0 Å². The summed E-state index contributed by atoms with van der Waals surface area (Å²) in [5.74, 6) is 0.379. The lowest BCUT2D eigenvalue weighted by molar-refractivity contribution is -0.116. The Balaban J connectivity index is 1.37. The zero-order valence-electron chi connectivity index (χ0n) is 15.8. The molecule has 0 radical (unpaired) electrons. The number of ether oxygens (including phenoxy) is 1. The van der Waals surface area contributed by atoms with Crippen molar-refractivity contribution in [2.75, 3.05) is 5.32 Å². The first-order valence-corrected chi connectivity index (χ1v) is 9.04. The number of nitrogens with one attached hydrogen (secondary N) is 1. The molecule has 0 bridgehead atoms. The molecule has 2 aromatic carbocycles. The molecule has 0 fully saturated rings. The molecule has 0 atom stereocenters. The first-order valence-electron chi connectivity index (χ1n) is 9.04. The Hall–Kier alpha value is -3.94. The molecule has 2 aromatic heterocycles. The number of nitrogens with zero attached hydrogens (tertiary/aromatic N) is 4. The molecule has 0 unspecified atom stereocenters. The standard InChI is InChI=1S/C21H19N5O3/c1-25-20-18(11-23-25)21(28)26(14-22-20)12-19(27)24-16-7-9-17(10-8-16)29-13-15-5-3-2-4-6-15/h2-11,14H,12-13H2,1H3,(H,24,27). The van der Waals surface area contributed by atoms with Gasteiger partial charge in [-0.1, -0.05) is 30.3 Å². The van der Waals surface area contributed by atoms with E-state index in [1.165, 1.54) is 21.8 Å². The third-order valence-electron chi connectivity index (χ3n) is 4.42. The average Bonchev–Trinajstić information content (AvgIpc) is 3.12. The van der Waals surface area contributed by atoms with E-state index < -0.39 is 0 Å². The van der Waals surface area contributed by atoms with Crippen molar-refractivity contribution in [3.05, 3.63) is 83.0 Å². The van der Waals surface area contributed by atoms with Crippen molar-refractivity contribution in [2.24, 2.45) is 7.05 Å². The van der Waals surface area contributed by atoms with E-state index in [0.29, 0.717) is 29.1 Å². The van der Waals surface area contributed by atoms with Crippen LogP contribution in [0.3, 0.4) is 0 Å². The Morgan fingerprint density at radius 2 is 1.86 bits per heavy atom. The molecule has 1 N–H and O–H groups in total. The maximum Gasteiger partial charge on any atom is 0.264 e. The number of fused-ring (bicyclic) bond motifs is 1. The smallest absolute Gasteiger partial charge is 0.264 e. The van der Waals surface area contributed by atoms with Crippen LogP contribution < -0.4 is 15.6 Å². The van der Waals surface area contributed by atoms with Gasteiger partial charge in [0.25, 0.3) is 5.56 Å². The molecule has 1 amide bonds. The van der Waals surface area contributed by atoms with E-state index in [9.17, 15) is 9.59 Å². The number of hydrogen-bond donors (Lipinski definition) is 1. The van der Waals surface area contributed by atoms with Crippen molar-refractivity contribution in [1.82, 2.24) is 19.3 Å². The maximum absolute atomic E-state index is 12.4. The summed E-state index contributed by atoms with van der Waals surface area (Å²) < 4.78 is 8.51. The minimum Gasteiger partial charge on any atom is -0.489 e. The van der Waals surface area contributed by atoms with Gasteiger partial charge in [0.2, 0.25) is 5.91 Å². The lowest BCUT2D eigenvalue weighted by atomic mass is 10.2. The zero-order valence-corrected chi connectivity index (χ0v) is 15.8. The third-order valence-corrected chi connectivity index (χ3v) is 4.42. The van der Waals surface area contributed by atoms with Crippen LogP contribution >= 0.6 is 0 Å². The lowest BCUT2D eigenvalue weighted by Gasteiger charge is -2.09. The molecular weight excluding hydrogens is 370 g/mol. The van der Waals surface area contributed by atoms with Crippen LogP contribution in [-0.4, -0.2) is 25.2 Å². The number of benzene rings is 2. The second-order valence-corrected chi connectivity index (χ2v) is 6.53. The highest BCUT2D eigenvalue weighted by Crippen LogP contribution is 2.17. The number of carbonyl (C=O) groups is 1. The molecule has 29 heavy (non-hydrogen) atoms. The fourth-order valence-electron chi connectivity index (χ4n) is 2.91. The molecule has 0 aliphatic carbocycles. The highest BCUT2D eigenvalue weighted by Gasteiger charge is 2.11. The summed E-state index contributed by atoms with van der Waals surface area (Å²) in [6.07, 6.45) is 2.81. The number of rotatable bonds is 6. The Morgan fingerprint density at radius 1 is 1.10 bits per heavy atom. The van der Waals surface area contributed by atoms with Crippen molar-refractivity contribution >= 4 is 22.6 Å². The fourth-order valence-corrected chi connectivity index (χ4v) is 2.91. The summed E-state index contributed by atoms with van der Waals surface area (Å²) in [6, 6.07) is 17.0. The zero-order chi connectivity index (χ0) is 20.2. The van der Waals surface area contributed by atoms with Gasteiger partial charge in [0, 0.05) is 12.7 Å². The van der Waals surface area contributed by atoms with E-state index in [0.717, 1.165) is 5.56 Å². The van der Waals surface area contributed by atoms with E-state index in [2.05, 4.69) is 15.4 Å². The fraction of sp³-hybridized carbons (Fsp3) is 0.143. The monoisotopic (exact) mass is 389 g/mol. The summed E-state index contributed by atoms with van der Waals surface area (Å²) in [5.41, 5.74) is 1.88. The molecule has 0 saturated heterocycles. The molecule has 0 aliphatic heterocycles. The predicted molar refractivity (Wildman–Crippen MR) is 109 cm³/mol. The third kappa shape index (κ3) is 4.16. The van der Waals surface area contributed by atoms with E-state index in [4.69, 9.17) is 4.74 Å². The minimum absolute atomic E-state index is 0.136. The summed E-state index contributed by atoms with van der Waals surface area (Å²) in [5, 5.41) is 7.16. The van der Waals surface area contributed by atoms with Gasteiger partial charge in [0.05, 0.1) is 6.20 Å². The predicted octanol–water partition coefficient (Wildman–Crippen LogP) is 2.35. The Bertz CT molecular complexity index is 1200. The van der Waals surface area contributed by atoms with Crippen LogP contribution in [0.15, 0.2) is 71.9 Å². The molecular formula is C21H19N5O3. The van der Waals surface area contributed by atoms with Crippen LogP contribution in [0.4, 0.5) is 5.69 Å². The number of hydrogen-bond acceptors (Lipinski definition) is 5. The van der Waals surface area contributed by atoms with Crippen LogP contribution in [0.25, 0.3) is 11.0 Å². The maximum atomic E-state index is 12.4.